The lowest BCUT2D eigenvalue weighted by molar-refractivity contribution is -0.797. The van der Waals surface area contributed by atoms with Crippen molar-refractivity contribution < 1.29 is 17.8 Å². The first-order valence-electron chi connectivity index (χ1n) is 4.08. The van der Waals surface area contributed by atoms with Crippen molar-refractivity contribution in [3.63, 3.8) is 0 Å². The van der Waals surface area contributed by atoms with Gasteiger partial charge in [-0.15, -0.1) is 0 Å². The van der Waals surface area contributed by atoms with Gasteiger partial charge in [0.25, 0.3) is 0 Å². The van der Waals surface area contributed by atoms with E-state index in [2.05, 4.69) is 0 Å². The molecule has 12 heavy (non-hydrogen) atoms. The zero-order valence-corrected chi connectivity index (χ0v) is 8.21. The van der Waals surface area contributed by atoms with Gasteiger partial charge >= 0.3 is 0 Å². The van der Waals surface area contributed by atoms with E-state index in [4.69, 9.17) is 0 Å². The van der Waals surface area contributed by atoms with Crippen LogP contribution in [0, 0.1) is 5.92 Å². The molecule has 1 rings (SSSR count). The minimum atomic E-state index is -2.13. The van der Waals surface area contributed by atoms with Crippen LogP contribution >= 0.6 is 0 Å². The van der Waals surface area contributed by atoms with E-state index >= 15 is 0 Å². The summed E-state index contributed by atoms with van der Waals surface area (Å²) in [6.45, 7) is 2.87. The molecular weight excluding hydrogens is 178 g/mol. The topological polar surface area (TPSA) is 60.4 Å². The summed E-state index contributed by atoms with van der Waals surface area (Å²) in [4.78, 5) is 0. The van der Waals surface area contributed by atoms with E-state index in [0.29, 0.717) is 13.1 Å². The summed E-state index contributed by atoms with van der Waals surface area (Å²) in [6, 6.07) is 0. The number of likely N-dealkylation sites (tertiary alicyclic amines) is 1. The van der Waals surface area contributed by atoms with Crippen LogP contribution in [0.5, 0.6) is 0 Å². The molecule has 72 valence electrons. The van der Waals surface area contributed by atoms with Crippen molar-refractivity contribution in [2.45, 2.75) is 19.4 Å². The molecule has 2 unspecified atom stereocenters. The van der Waals surface area contributed by atoms with Crippen LogP contribution in [0.15, 0.2) is 0 Å². The Labute approximate surface area is 75.2 Å². The second-order valence-electron chi connectivity index (χ2n) is 3.75. The molecule has 0 spiro atoms. The van der Waals surface area contributed by atoms with Crippen molar-refractivity contribution in [1.29, 1.82) is 0 Å². The summed E-state index contributed by atoms with van der Waals surface area (Å²) in [6.07, 6.45) is 0.285. The molecule has 1 fully saturated rings. The molecule has 1 saturated heterocycles. The zero-order valence-electron chi connectivity index (χ0n) is 7.40. The van der Waals surface area contributed by atoms with Gasteiger partial charge in [-0.05, 0) is 5.92 Å². The predicted octanol–water partition coefficient (Wildman–Crippen LogP) is -0.372. The third-order valence-electron chi connectivity index (χ3n) is 2.65. The fourth-order valence-electron chi connectivity index (χ4n) is 1.47. The quantitative estimate of drug-likeness (QED) is 0.456. The first-order valence-corrected chi connectivity index (χ1v) is 5.11. The molecule has 0 aliphatic carbocycles. The van der Waals surface area contributed by atoms with E-state index in [0.717, 1.165) is 6.42 Å². The fraction of sp³-hybridized carbons (Fsp3) is 1.00. The van der Waals surface area contributed by atoms with Crippen LogP contribution in [-0.2, 0) is 11.3 Å². The molecule has 1 heterocycles. The molecule has 1 aliphatic heterocycles. The Kier molecular flexibility index (Phi) is 2.88. The van der Waals surface area contributed by atoms with Gasteiger partial charge in [0, 0.05) is 6.42 Å². The maximum absolute atomic E-state index is 10.8. The summed E-state index contributed by atoms with van der Waals surface area (Å²) in [7, 11) is 1.64. The second-order valence-corrected chi connectivity index (χ2v) is 5.07. The number of aliphatic hydroxyl groups is 1. The number of aliphatic hydroxyl groups excluding tert-OH is 1. The molecule has 0 aromatic carbocycles. The molecule has 0 aromatic rings. The number of nitrogens with zero attached hydrogens (tertiary/aromatic N) is 1. The third kappa shape index (κ3) is 1.85. The predicted molar refractivity (Wildman–Crippen MR) is 44.6 cm³/mol. The smallest absolute Gasteiger partial charge is 0.148 e. The Morgan fingerprint density at radius 1 is 1.67 bits per heavy atom. The Morgan fingerprint density at radius 2 is 2.25 bits per heavy atom. The number of hydrogen-bond donors (Lipinski definition) is 1. The molecule has 0 radical (unpaired) electrons. The van der Waals surface area contributed by atoms with Gasteiger partial charge in [0.15, 0.2) is 0 Å². The highest BCUT2D eigenvalue weighted by atomic mass is 32.2. The van der Waals surface area contributed by atoms with Crippen molar-refractivity contribution in [2.75, 3.05) is 20.1 Å². The number of likely N-dealkylation sites (N-methyl/N-ethyl adjacent to an activating group) is 1. The van der Waals surface area contributed by atoms with Gasteiger partial charge in [-0.1, -0.05) is 6.92 Å². The van der Waals surface area contributed by atoms with Crippen LogP contribution in [0.25, 0.3) is 0 Å². The lowest BCUT2D eigenvalue weighted by Crippen LogP contribution is -2.55. The summed E-state index contributed by atoms with van der Waals surface area (Å²) in [5.74, 6) is 0.222. The molecule has 0 saturated carbocycles. The number of rotatable bonds is 1. The van der Waals surface area contributed by atoms with Gasteiger partial charge in [-0.2, -0.15) is 0 Å². The van der Waals surface area contributed by atoms with Crippen molar-refractivity contribution in [2.24, 2.45) is 5.92 Å². The maximum atomic E-state index is 10.8. The standard InChI is InChI=1S/C7H15NO3S/c1-6-3-4-8(2,12(10)11)5-7(6)9/h6-7,9H,3-5H2,1-2H3/t6-,7?,8-/m1/s1. The second kappa shape index (κ2) is 3.41. The van der Waals surface area contributed by atoms with Crippen molar-refractivity contribution in [3.05, 3.63) is 0 Å². The minimum absolute atomic E-state index is 0.0501. The minimum Gasteiger partial charge on any atom is -0.724 e. The Balaban J connectivity index is 2.66. The van der Waals surface area contributed by atoms with Gasteiger partial charge in [0.05, 0.1) is 13.6 Å². The molecular formula is C7H15NO3S. The normalized spacial score (nSPS) is 45.7. The molecule has 1 N–H and O–H groups in total. The number of quaternary nitrogens is 1. The van der Waals surface area contributed by atoms with Gasteiger partial charge in [-0.25, -0.2) is 8.10 Å². The summed E-state index contributed by atoms with van der Waals surface area (Å²) in [5, 5.41) is 9.47. The van der Waals surface area contributed by atoms with Crippen LogP contribution in [0.1, 0.15) is 13.3 Å². The number of hydrogen-bond acceptors (Lipinski definition) is 3. The van der Waals surface area contributed by atoms with E-state index in [1.807, 2.05) is 6.92 Å². The van der Waals surface area contributed by atoms with Crippen LogP contribution < -0.4 is 0 Å². The molecule has 4 atom stereocenters. The molecule has 0 amide bonds. The average Bonchev–Trinajstić information content (AvgIpc) is 1.97. The Hall–Kier alpha value is 0.0300. The van der Waals surface area contributed by atoms with E-state index in [-0.39, 0.29) is 9.81 Å². The maximum Gasteiger partial charge on any atom is 0.148 e. The highest BCUT2D eigenvalue weighted by Crippen LogP contribution is 2.22. The summed E-state index contributed by atoms with van der Waals surface area (Å²) >= 11 is -2.13. The molecule has 0 aromatic heterocycles. The first-order chi connectivity index (χ1) is 5.46. The zero-order chi connectivity index (χ0) is 9.35. The molecule has 1 aliphatic rings. The largest absolute Gasteiger partial charge is 0.724 e. The van der Waals surface area contributed by atoms with Gasteiger partial charge in [-0.3, -0.25) is 0 Å². The molecule has 0 bridgehead atoms. The van der Waals surface area contributed by atoms with Crippen LogP contribution in [0.4, 0.5) is 0 Å². The van der Waals surface area contributed by atoms with E-state index in [1.165, 1.54) is 0 Å². The van der Waals surface area contributed by atoms with Crippen molar-refractivity contribution >= 4 is 11.3 Å². The third-order valence-corrected chi connectivity index (χ3v) is 3.70. The fourth-order valence-corrected chi connectivity index (χ4v) is 2.00. The van der Waals surface area contributed by atoms with Gasteiger partial charge in [0.1, 0.15) is 23.9 Å². The van der Waals surface area contributed by atoms with Crippen LogP contribution in [0.2, 0.25) is 0 Å². The number of piperidine rings is 1. The molecule has 4 nitrogen and oxygen atoms in total. The Morgan fingerprint density at radius 3 is 2.67 bits per heavy atom. The first kappa shape index (κ1) is 10.1. The monoisotopic (exact) mass is 193 g/mol. The highest BCUT2D eigenvalue weighted by Gasteiger charge is 2.35. The van der Waals surface area contributed by atoms with Crippen LogP contribution in [0.3, 0.4) is 0 Å². The van der Waals surface area contributed by atoms with Crippen LogP contribution in [-0.4, -0.2) is 44.0 Å². The van der Waals surface area contributed by atoms with E-state index in [9.17, 15) is 13.9 Å². The average molecular weight is 193 g/mol. The van der Waals surface area contributed by atoms with E-state index < -0.39 is 17.4 Å². The van der Waals surface area contributed by atoms with E-state index in [1.54, 1.807) is 7.05 Å². The van der Waals surface area contributed by atoms with Crippen molar-refractivity contribution in [1.82, 2.24) is 0 Å². The van der Waals surface area contributed by atoms with Gasteiger partial charge in [0.2, 0.25) is 0 Å². The lowest BCUT2D eigenvalue weighted by atomic mass is 9.96. The highest BCUT2D eigenvalue weighted by molar-refractivity contribution is 7.73. The summed E-state index contributed by atoms with van der Waals surface area (Å²) < 4.78 is 21.5. The SMILES string of the molecule is C[C@@H]1CC[N@@+](C)(S(=O)[O-])CC1O. The van der Waals surface area contributed by atoms with Crippen molar-refractivity contribution in [3.8, 4) is 0 Å². The summed E-state index contributed by atoms with van der Waals surface area (Å²) in [5.41, 5.74) is 0. The Bertz CT molecular complexity index is 199. The van der Waals surface area contributed by atoms with Gasteiger partial charge < -0.3 is 9.66 Å². The molecule has 5 heteroatoms. The lowest BCUT2D eigenvalue weighted by Gasteiger charge is -2.41.